The monoisotopic (exact) mass is 265 g/mol. The quantitative estimate of drug-likeness (QED) is 0.797. The van der Waals surface area contributed by atoms with Crippen molar-refractivity contribution in [1.82, 2.24) is 5.32 Å². The largest absolute Gasteiger partial charge is 0.462 e. The highest BCUT2D eigenvalue weighted by atomic mass is 16.5. The van der Waals surface area contributed by atoms with Crippen LogP contribution in [0, 0.1) is 11.8 Å². The third-order valence-corrected chi connectivity index (χ3v) is 5.29. The molecule has 19 heavy (non-hydrogen) atoms. The zero-order valence-corrected chi connectivity index (χ0v) is 12.1. The van der Waals surface area contributed by atoms with Gasteiger partial charge >= 0.3 is 5.97 Å². The molecule has 3 aliphatic rings. The highest BCUT2D eigenvalue weighted by molar-refractivity contribution is 5.70. The zero-order chi connectivity index (χ0) is 13.2. The van der Waals surface area contributed by atoms with Crippen LogP contribution in [0.5, 0.6) is 0 Å². The van der Waals surface area contributed by atoms with E-state index >= 15 is 0 Å². The van der Waals surface area contributed by atoms with Crippen LogP contribution in [0.2, 0.25) is 0 Å². The molecule has 3 nitrogen and oxygen atoms in total. The molecule has 3 heteroatoms. The van der Waals surface area contributed by atoms with Crippen molar-refractivity contribution < 1.29 is 9.53 Å². The number of piperidine rings is 1. The second-order valence-electron chi connectivity index (χ2n) is 7.05. The molecule has 3 fully saturated rings. The Morgan fingerprint density at radius 2 is 1.68 bits per heavy atom. The van der Waals surface area contributed by atoms with E-state index in [9.17, 15) is 4.79 Å². The molecule has 0 aromatic rings. The van der Waals surface area contributed by atoms with E-state index in [4.69, 9.17) is 4.74 Å². The third kappa shape index (κ3) is 3.50. The molecule has 2 bridgehead atoms. The summed E-state index contributed by atoms with van der Waals surface area (Å²) in [4.78, 5) is 12.1. The third-order valence-electron chi connectivity index (χ3n) is 5.29. The van der Waals surface area contributed by atoms with Crippen LogP contribution in [0.3, 0.4) is 0 Å². The lowest BCUT2D eigenvalue weighted by Gasteiger charge is -2.30. The lowest BCUT2D eigenvalue weighted by molar-refractivity contribution is -0.152. The Morgan fingerprint density at radius 1 is 1.05 bits per heavy atom. The zero-order valence-electron chi connectivity index (χ0n) is 12.1. The molecular formula is C16H27NO2. The van der Waals surface area contributed by atoms with Gasteiger partial charge in [0.15, 0.2) is 0 Å². The van der Waals surface area contributed by atoms with E-state index in [1.807, 2.05) is 0 Å². The first-order chi connectivity index (χ1) is 9.19. The molecule has 1 saturated carbocycles. The highest BCUT2D eigenvalue weighted by Gasteiger charge is 2.34. The standard InChI is InChI=1S/C16H27NO2/c1-11-2-6-15(7-3-11)19-16(18)10-12-8-13-4-5-14(9-12)17-13/h11-15,17H,2-10H2,1H3. The lowest BCUT2D eigenvalue weighted by atomic mass is 9.88. The van der Waals surface area contributed by atoms with Gasteiger partial charge < -0.3 is 10.1 Å². The summed E-state index contributed by atoms with van der Waals surface area (Å²) < 4.78 is 5.67. The van der Waals surface area contributed by atoms with Gasteiger partial charge in [0.05, 0.1) is 0 Å². The molecule has 0 radical (unpaired) electrons. The fourth-order valence-corrected chi connectivity index (χ4v) is 4.16. The number of carbonyl (C=O) groups is 1. The van der Waals surface area contributed by atoms with Crippen LogP contribution >= 0.6 is 0 Å². The molecule has 3 rings (SSSR count). The van der Waals surface area contributed by atoms with Gasteiger partial charge in [-0.2, -0.15) is 0 Å². The van der Waals surface area contributed by atoms with Gasteiger partial charge in [-0.3, -0.25) is 4.79 Å². The fourth-order valence-electron chi connectivity index (χ4n) is 4.16. The summed E-state index contributed by atoms with van der Waals surface area (Å²) in [6.45, 7) is 2.29. The van der Waals surface area contributed by atoms with Crippen LogP contribution in [0.4, 0.5) is 0 Å². The van der Waals surface area contributed by atoms with Crippen molar-refractivity contribution in [3.63, 3.8) is 0 Å². The topological polar surface area (TPSA) is 38.3 Å². The van der Waals surface area contributed by atoms with E-state index in [1.54, 1.807) is 0 Å². The Kier molecular flexibility index (Phi) is 4.11. The molecule has 2 atom stereocenters. The Balaban J connectivity index is 1.41. The van der Waals surface area contributed by atoms with Crippen molar-refractivity contribution >= 4 is 5.97 Å². The number of hydrogen-bond donors (Lipinski definition) is 1. The molecule has 108 valence electrons. The predicted octanol–water partition coefficient (Wildman–Crippen LogP) is 3.03. The molecule has 2 unspecified atom stereocenters. The van der Waals surface area contributed by atoms with Gasteiger partial charge in [0, 0.05) is 18.5 Å². The van der Waals surface area contributed by atoms with Gasteiger partial charge in [0.25, 0.3) is 0 Å². The van der Waals surface area contributed by atoms with Gasteiger partial charge in [-0.25, -0.2) is 0 Å². The Hall–Kier alpha value is -0.570. The van der Waals surface area contributed by atoms with Crippen LogP contribution in [0.25, 0.3) is 0 Å². The van der Waals surface area contributed by atoms with Crippen molar-refractivity contribution in [2.24, 2.45) is 11.8 Å². The van der Waals surface area contributed by atoms with Crippen LogP contribution in [0.15, 0.2) is 0 Å². The van der Waals surface area contributed by atoms with Gasteiger partial charge in [-0.05, 0) is 63.2 Å². The average Bonchev–Trinajstić information content (AvgIpc) is 2.72. The summed E-state index contributed by atoms with van der Waals surface area (Å²) in [5, 5.41) is 3.63. The second kappa shape index (κ2) is 5.82. The van der Waals surface area contributed by atoms with Crippen LogP contribution in [0.1, 0.15) is 64.7 Å². The maximum absolute atomic E-state index is 12.1. The molecule has 0 aromatic carbocycles. The minimum absolute atomic E-state index is 0.0610. The van der Waals surface area contributed by atoms with E-state index in [0.717, 1.165) is 18.8 Å². The maximum Gasteiger partial charge on any atom is 0.306 e. The number of hydrogen-bond acceptors (Lipinski definition) is 3. The van der Waals surface area contributed by atoms with Crippen molar-refractivity contribution in [2.75, 3.05) is 0 Å². The molecule has 2 heterocycles. The fraction of sp³-hybridized carbons (Fsp3) is 0.938. The van der Waals surface area contributed by atoms with Crippen molar-refractivity contribution in [2.45, 2.75) is 82.9 Å². The molecular weight excluding hydrogens is 238 g/mol. The Bertz CT molecular complexity index is 311. The van der Waals surface area contributed by atoms with Crippen molar-refractivity contribution in [3.8, 4) is 0 Å². The Morgan fingerprint density at radius 3 is 2.32 bits per heavy atom. The number of ether oxygens (including phenoxy) is 1. The smallest absolute Gasteiger partial charge is 0.306 e. The van der Waals surface area contributed by atoms with E-state index < -0.39 is 0 Å². The number of carbonyl (C=O) groups excluding carboxylic acids is 1. The summed E-state index contributed by atoms with van der Waals surface area (Å²) in [5.41, 5.74) is 0. The minimum Gasteiger partial charge on any atom is -0.462 e. The molecule has 0 aromatic heterocycles. The summed E-state index contributed by atoms with van der Waals surface area (Å²) in [5.74, 6) is 1.44. The Labute approximate surface area is 116 Å². The first kappa shape index (κ1) is 13.4. The summed E-state index contributed by atoms with van der Waals surface area (Å²) in [6, 6.07) is 1.35. The van der Waals surface area contributed by atoms with Crippen LogP contribution < -0.4 is 5.32 Å². The number of esters is 1. The summed E-state index contributed by atoms with van der Waals surface area (Å²) >= 11 is 0. The lowest BCUT2D eigenvalue weighted by Crippen LogP contribution is -2.39. The van der Waals surface area contributed by atoms with Crippen molar-refractivity contribution in [3.05, 3.63) is 0 Å². The molecule has 1 aliphatic carbocycles. The van der Waals surface area contributed by atoms with E-state index in [2.05, 4.69) is 12.2 Å². The van der Waals surface area contributed by atoms with Crippen molar-refractivity contribution in [1.29, 1.82) is 0 Å². The van der Waals surface area contributed by atoms with Gasteiger partial charge in [0.2, 0.25) is 0 Å². The summed E-state index contributed by atoms with van der Waals surface area (Å²) in [7, 11) is 0. The first-order valence-electron chi connectivity index (χ1n) is 8.14. The highest BCUT2D eigenvalue weighted by Crippen LogP contribution is 2.33. The number of rotatable bonds is 3. The van der Waals surface area contributed by atoms with E-state index in [0.29, 0.717) is 24.4 Å². The van der Waals surface area contributed by atoms with Crippen LogP contribution in [-0.4, -0.2) is 24.2 Å². The maximum atomic E-state index is 12.1. The van der Waals surface area contributed by atoms with Gasteiger partial charge in [-0.15, -0.1) is 0 Å². The van der Waals surface area contributed by atoms with Gasteiger partial charge in [0.1, 0.15) is 6.10 Å². The van der Waals surface area contributed by atoms with Gasteiger partial charge in [-0.1, -0.05) is 6.92 Å². The first-order valence-corrected chi connectivity index (χ1v) is 8.14. The molecule has 0 amide bonds. The molecule has 2 aliphatic heterocycles. The van der Waals surface area contributed by atoms with Crippen LogP contribution in [-0.2, 0) is 9.53 Å². The molecule has 2 saturated heterocycles. The molecule has 0 spiro atoms. The average molecular weight is 265 g/mol. The second-order valence-corrected chi connectivity index (χ2v) is 7.05. The number of fused-ring (bicyclic) bond motifs is 2. The minimum atomic E-state index is 0.0610. The summed E-state index contributed by atoms with van der Waals surface area (Å²) in [6.07, 6.45) is 10.4. The molecule has 1 N–H and O–H groups in total. The van der Waals surface area contributed by atoms with E-state index in [1.165, 1.54) is 38.5 Å². The SMILES string of the molecule is CC1CCC(OC(=O)CC2CC3CCC(C2)N3)CC1. The normalized spacial score (nSPS) is 42.1. The van der Waals surface area contributed by atoms with E-state index in [-0.39, 0.29) is 12.1 Å². The predicted molar refractivity (Wildman–Crippen MR) is 74.8 cm³/mol. The number of nitrogens with one attached hydrogen (secondary N) is 1.